The molecule has 0 fully saturated rings. The van der Waals surface area contributed by atoms with Crippen molar-refractivity contribution in [3.63, 3.8) is 0 Å². The summed E-state index contributed by atoms with van der Waals surface area (Å²) in [6.45, 7) is 0.0852. The van der Waals surface area contributed by atoms with Crippen LogP contribution >= 0.6 is 0 Å². The normalized spacial score (nSPS) is 11.7. The summed E-state index contributed by atoms with van der Waals surface area (Å²) in [5, 5.41) is 18.4. The van der Waals surface area contributed by atoms with Crippen molar-refractivity contribution in [3.8, 4) is 17.3 Å². The van der Waals surface area contributed by atoms with Gasteiger partial charge in [0.05, 0.1) is 40.5 Å². The van der Waals surface area contributed by atoms with Gasteiger partial charge in [-0.3, -0.25) is 9.78 Å². The van der Waals surface area contributed by atoms with Crippen molar-refractivity contribution in [1.82, 2.24) is 14.5 Å². The smallest absolute Gasteiger partial charge is 0.335 e. The van der Waals surface area contributed by atoms with Gasteiger partial charge in [0, 0.05) is 24.8 Å². The van der Waals surface area contributed by atoms with Crippen LogP contribution in [0.1, 0.15) is 38.6 Å². The molecule has 3 N–H and O–H groups in total. The lowest BCUT2D eigenvalue weighted by molar-refractivity contribution is -0.128. The number of amides is 1. The standard InChI is InChI=1S/C33H28FN5O4/c1-43-30(32(36)40)19-39-29-17-24(33(41)42)12-14-28(29)38-31(39)16-20-5-9-23(10-6-20)27-4-2-3-25(37-27)13-11-22-8-7-21(18-35)15-26(22)34/h2-10,12,14-15,17,30H,11,13,16,19H2,1H3,(H2,36,40)(H,41,42)/t30-/m1/s1. The van der Waals surface area contributed by atoms with E-state index in [2.05, 4.69) is 0 Å². The number of hydrogen-bond acceptors (Lipinski definition) is 6. The molecule has 0 aliphatic carbocycles. The minimum Gasteiger partial charge on any atom is -0.478 e. The Hall–Kier alpha value is -5.40. The van der Waals surface area contributed by atoms with E-state index in [1.165, 1.54) is 25.3 Å². The molecule has 0 saturated carbocycles. The molecule has 0 aliphatic rings. The number of ether oxygens (including phenoxy) is 1. The molecule has 10 heteroatoms. The summed E-state index contributed by atoms with van der Waals surface area (Å²) in [6, 6.07) is 24.7. The Kier molecular flexibility index (Phi) is 8.55. The Morgan fingerprint density at radius 2 is 1.84 bits per heavy atom. The van der Waals surface area contributed by atoms with Gasteiger partial charge in [0.15, 0.2) is 6.10 Å². The fourth-order valence-electron chi connectivity index (χ4n) is 4.93. The van der Waals surface area contributed by atoms with Crippen LogP contribution < -0.4 is 5.73 Å². The highest BCUT2D eigenvalue weighted by molar-refractivity contribution is 5.92. The van der Waals surface area contributed by atoms with Crippen LogP contribution in [0.3, 0.4) is 0 Å². The molecule has 0 unspecified atom stereocenters. The number of nitrogens with two attached hydrogens (primary N) is 1. The summed E-state index contributed by atoms with van der Waals surface area (Å²) < 4.78 is 21.3. The van der Waals surface area contributed by atoms with Crippen molar-refractivity contribution in [2.75, 3.05) is 7.11 Å². The number of carboxylic acid groups (broad SMARTS) is 1. The fourth-order valence-corrected chi connectivity index (χ4v) is 4.93. The number of methoxy groups -OCH3 is 1. The first-order valence-electron chi connectivity index (χ1n) is 13.5. The van der Waals surface area contributed by atoms with Gasteiger partial charge in [0.1, 0.15) is 11.6 Å². The highest BCUT2D eigenvalue weighted by Crippen LogP contribution is 2.24. The Morgan fingerprint density at radius 3 is 2.51 bits per heavy atom. The van der Waals surface area contributed by atoms with Crippen molar-refractivity contribution in [2.24, 2.45) is 5.73 Å². The maximum absolute atomic E-state index is 14.3. The van der Waals surface area contributed by atoms with Gasteiger partial charge in [-0.15, -0.1) is 0 Å². The quantitative estimate of drug-likeness (QED) is 0.232. The van der Waals surface area contributed by atoms with E-state index in [1.54, 1.807) is 22.8 Å². The van der Waals surface area contributed by atoms with Gasteiger partial charge in [-0.25, -0.2) is 14.2 Å². The average Bonchev–Trinajstić information content (AvgIpc) is 3.35. The number of carbonyl (C=O) groups excluding carboxylic acids is 1. The fraction of sp³-hybridized carbons (Fsp3) is 0.182. The summed E-state index contributed by atoms with van der Waals surface area (Å²) in [7, 11) is 1.39. The number of imidazole rings is 1. The molecule has 43 heavy (non-hydrogen) atoms. The Labute approximate surface area is 247 Å². The lowest BCUT2D eigenvalue weighted by atomic mass is 10.0. The van der Waals surface area contributed by atoms with Crippen LogP contribution in [-0.2, 0) is 35.3 Å². The number of fused-ring (bicyclic) bond motifs is 1. The van der Waals surface area contributed by atoms with Crippen LogP contribution in [0.5, 0.6) is 0 Å². The second kappa shape index (κ2) is 12.6. The van der Waals surface area contributed by atoms with Gasteiger partial charge in [0.2, 0.25) is 5.91 Å². The molecule has 2 aromatic heterocycles. The third kappa shape index (κ3) is 6.58. The third-order valence-corrected chi connectivity index (χ3v) is 7.28. The van der Waals surface area contributed by atoms with E-state index in [9.17, 15) is 19.1 Å². The van der Waals surface area contributed by atoms with E-state index in [1.807, 2.05) is 48.5 Å². The molecule has 1 amide bonds. The molecule has 0 radical (unpaired) electrons. The first kappa shape index (κ1) is 29.1. The predicted molar refractivity (Wildman–Crippen MR) is 158 cm³/mol. The maximum Gasteiger partial charge on any atom is 0.335 e. The van der Waals surface area contributed by atoms with Crippen LogP contribution in [0.25, 0.3) is 22.3 Å². The van der Waals surface area contributed by atoms with Gasteiger partial charge in [-0.1, -0.05) is 36.4 Å². The molecule has 5 aromatic rings. The minimum absolute atomic E-state index is 0.0852. The lowest BCUT2D eigenvalue weighted by Gasteiger charge is -2.15. The number of carbonyl (C=O) groups is 2. The molecule has 5 rings (SSSR count). The van der Waals surface area contributed by atoms with Crippen LogP contribution in [0.15, 0.2) is 78.9 Å². The summed E-state index contributed by atoms with van der Waals surface area (Å²) in [6.07, 6.45) is 0.499. The van der Waals surface area contributed by atoms with E-state index < -0.39 is 23.8 Å². The monoisotopic (exact) mass is 577 g/mol. The number of benzene rings is 3. The molecular formula is C33H28FN5O4. The number of aryl methyl sites for hydroxylation is 2. The van der Waals surface area contributed by atoms with Crippen molar-refractivity contribution in [1.29, 1.82) is 5.26 Å². The topological polar surface area (TPSA) is 144 Å². The van der Waals surface area contributed by atoms with E-state index in [-0.39, 0.29) is 12.1 Å². The first-order valence-corrected chi connectivity index (χ1v) is 13.5. The number of nitrogens with zero attached hydrogens (tertiary/aromatic N) is 4. The van der Waals surface area contributed by atoms with Crippen LogP contribution in [0, 0.1) is 17.1 Å². The van der Waals surface area contributed by atoms with Crippen molar-refractivity contribution < 1.29 is 23.8 Å². The summed E-state index contributed by atoms with van der Waals surface area (Å²) in [4.78, 5) is 33.0. The van der Waals surface area contributed by atoms with E-state index in [4.69, 9.17) is 25.7 Å². The number of hydrogen-bond donors (Lipinski definition) is 2. The molecule has 1 atom stereocenters. The van der Waals surface area contributed by atoms with Crippen LogP contribution in [0.4, 0.5) is 4.39 Å². The Morgan fingerprint density at radius 1 is 1.05 bits per heavy atom. The zero-order valence-corrected chi connectivity index (χ0v) is 23.3. The number of aromatic carboxylic acids is 1. The third-order valence-electron chi connectivity index (χ3n) is 7.28. The molecule has 2 heterocycles. The number of rotatable bonds is 11. The van der Waals surface area contributed by atoms with Gasteiger partial charge in [-0.2, -0.15) is 5.26 Å². The molecule has 9 nitrogen and oxygen atoms in total. The summed E-state index contributed by atoms with van der Waals surface area (Å²) in [5.41, 5.74) is 11.1. The molecule has 0 aliphatic heterocycles. The lowest BCUT2D eigenvalue weighted by Crippen LogP contribution is -2.34. The molecule has 0 saturated heterocycles. The minimum atomic E-state index is -1.07. The van der Waals surface area contributed by atoms with E-state index in [0.717, 1.165) is 22.5 Å². The number of halogens is 1. The highest BCUT2D eigenvalue weighted by Gasteiger charge is 2.21. The van der Waals surface area contributed by atoms with Crippen molar-refractivity contribution in [2.45, 2.75) is 31.9 Å². The van der Waals surface area contributed by atoms with Gasteiger partial charge >= 0.3 is 5.97 Å². The van der Waals surface area contributed by atoms with Gasteiger partial charge in [0.25, 0.3) is 0 Å². The first-order chi connectivity index (χ1) is 20.7. The maximum atomic E-state index is 14.3. The Bertz CT molecular complexity index is 1860. The second-order valence-electron chi connectivity index (χ2n) is 10.1. The van der Waals surface area contributed by atoms with E-state index >= 15 is 0 Å². The zero-order chi connectivity index (χ0) is 30.5. The zero-order valence-electron chi connectivity index (χ0n) is 23.3. The van der Waals surface area contributed by atoms with Gasteiger partial charge in [-0.05, 0) is 66.4 Å². The predicted octanol–water partition coefficient (Wildman–Crippen LogP) is 4.68. The van der Waals surface area contributed by atoms with Crippen molar-refractivity contribution >= 4 is 22.9 Å². The second-order valence-corrected chi connectivity index (χ2v) is 10.1. The highest BCUT2D eigenvalue weighted by atomic mass is 19.1. The van der Waals surface area contributed by atoms with Crippen molar-refractivity contribution in [3.05, 3.63) is 118 Å². The number of nitriles is 1. The number of carboxylic acids is 1. The Balaban J connectivity index is 1.36. The molecule has 0 bridgehead atoms. The molecule has 3 aromatic carbocycles. The van der Waals surface area contributed by atoms with Crippen LogP contribution in [-0.4, -0.2) is 44.7 Å². The van der Waals surface area contributed by atoms with Crippen LogP contribution in [0.2, 0.25) is 0 Å². The molecular weight excluding hydrogens is 549 g/mol. The molecule has 216 valence electrons. The number of primary amides is 1. The summed E-state index contributed by atoms with van der Waals surface area (Å²) in [5.74, 6) is -1.47. The largest absolute Gasteiger partial charge is 0.478 e. The SMILES string of the molecule is CO[C@H](Cn1c(Cc2ccc(-c3cccc(CCc4ccc(C#N)cc4F)n3)cc2)nc2ccc(C(=O)O)cc21)C(N)=O. The number of aromatic nitrogens is 3. The molecule has 0 spiro atoms. The summed E-state index contributed by atoms with van der Waals surface area (Å²) >= 11 is 0. The average molecular weight is 578 g/mol. The number of pyridine rings is 1. The van der Waals surface area contributed by atoms with E-state index in [0.29, 0.717) is 47.2 Å². The van der Waals surface area contributed by atoms with Gasteiger partial charge < -0.3 is 20.1 Å².